The van der Waals surface area contributed by atoms with E-state index in [0.717, 1.165) is 11.3 Å². The van der Waals surface area contributed by atoms with Crippen molar-refractivity contribution in [1.29, 1.82) is 0 Å². The molecule has 94 valence electrons. The van der Waals surface area contributed by atoms with Gasteiger partial charge in [-0.3, -0.25) is 4.79 Å². The molecular formula is C11H16N2O3S. The normalized spacial score (nSPS) is 12.0. The number of methoxy groups -OCH3 is 1. The van der Waals surface area contributed by atoms with E-state index in [0.29, 0.717) is 10.8 Å². The lowest BCUT2D eigenvalue weighted by Gasteiger charge is -2.06. The summed E-state index contributed by atoms with van der Waals surface area (Å²) in [7, 11) is 1.32. The number of rotatable bonds is 4. The van der Waals surface area contributed by atoms with Crippen molar-refractivity contribution in [2.75, 3.05) is 12.4 Å². The molecule has 1 N–H and O–H groups in total. The molecule has 1 amide bonds. The van der Waals surface area contributed by atoms with Crippen LogP contribution < -0.4 is 5.32 Å². The third kappa shape index (κ3) is 3.26. The lowest BCUT2D eigenvalue weighted by Crippen LogP contribution is -2.08. The van der Waals surface area contributed by atoms with Crippen LogP contribution in [0.4, 0.5) is 5.13 Å². The molecule has 0 aliphatic carbocycles. The van der Waals surface area contributed by atoms with E-state index >= 15 is 0 Å². The Bertz CT molecular complexity index is 428. The number of nitrogens with zero attached hydrogens (tertiary/aromatic N) is 1. The number of aromatic nitrogens is 1. The second-order valence-electron chi connectivity index (χ2n) is 3.71. The van der Waals surface area contributed by atoms with Gasteiger partial charge in [-0.05, 0) is 12.3 Å². The summed E-state index contributed by atoms with van der Waals surface area (Å²) in [4.78, 5) is 27.5. The summed E-state index contributed by atoms with van der Waals surface area (Å²) < 4.78 is 4.68. The van der Waals surface area contributed by atoms with Gasteiger partial charge in [0.1, 0.15) is 0 Å². The Balaban J connectivity index is 3.11. The third-order valence-electron chi connectivity index (χ3n) is 2.38. The molecular weight excluding hydrogens is 240 g/mol. The second kappa shape index (κ2) is 5.77. The Morgan fingerprint density at radius 2 is 2.18 bits per heavy atom. The van der Waals surface area contributed by atoms with Crippen LogP contribution in [0.15, 0.2) is 0 Å². The topological polar surface area (TPSA) is 68.3 Å². The Kier molecular flexibility index (Phi) is 4.62. The van der Waals surface area contributed by atoms with Gasteiger partial charge in [-0.2, -0.15) is 0 Å². The molecule has 0 saturated heterocycles. The minimum atomic E-state index is -0.465. The van der Waals surface area contributed by atoms with Crippen LogP contribution in [-0.2, 0) is 9.53 Å². The fraction of sp³-hybridized carbons (Fsp3) is 0.545. The van der Waals surface area contributed by atoms with Gasteiger partial charge in [-0.15, -0.1) is 11.3 Å². The van der Waals surface area contributed by atoms with Crippen molar-refractivity contribution in [2.45, 2.75) is 33.1 Å². The molecule has 0 saturated carbocycles. The van der Waals surface area contributed by atoms with Crippen molar-refractivity contribution >= 4 is 28.3 Å². The Hall–Kier alpha value is -1.43. The maximum Gasteiger partial charge on any atom is 0.357 e. The van der Waals surface area contributed by atoms with E-state index in [-0.39, 0.29) is 11.8 Å². The summed E-state index contributed by atoms with van der Waals surface area (Å²) in [5.74, 6) is -0.455. The Morgan fingerprint density at radius 1 is 1.53 bits per heavy atom. The van der Waals surface area contributed by atoms with Crippen molar-refractivity contribution in [1.82, 2.24) is 4.98 Å². The number of amides is 1. The van der Waals surface area contributed by atoms with Gasteiger partial charge >= 0.3 is 5.97 Å². The molecule has 1 aromatic rings. The van der Waals surface area contributed by atoms with E-state index in [4.69, 9.17) is 0 Å². The number of hydrogen-bond donors (Lipinski definition) is 1. The number of ether oxygens (including phenoxy) is 1. The first-order chi connectivity index (χ1) is 7.99. The molecule has 1 aromatic heterocycles. The highest BCUT2D eigenvalue weighted by Crippen LogP contribution is 2.32. The molecule has 0 spiro atoms. The zero-order valence-electron chi connectivity index (χ0n) is 10.4. The molecule has 5 nitrogen and oxygen atoms in total. The molecule has 1 rings (SSSR count). The zero-order chi connectivity index (χ0) is 13.0. The van der Waals surface area contributed by atoms with Crippen molar-refractivity contribution in [2.24, 2.45) is 0 Å². The number of esters is 1. The molecule has 0 aliphatic heterocycles. The first-order valence-corrected chi connectivity index (χ1v) is 6.17. The summed E-state index contributed by atoms with van der Waals surface area (Å²) in [6.45, 7) is 5.45. The summed E-state index contributed by atoms with van der Waals surface area (Å²) in [6, 6.07) is 0. The fourth-order valence-electron chi connectivity index (χ4n) is 1.30. The molecule has 1 heterocycles. The molecule has 0 aromatic carbocycles. The van der Waals surface area contributed by atoms with E-state index in [1.807, 2.05) is 13.8 Å². The van der Waals surface area contributed by atoms with Gasteiger partial charge in [0.05, 0.1) is 7.11 Å². The van der Waals surface area contributed by atoms with E-state index in [2.05, 4.69) is 15.0 Å². The van der Waals surface area contributed by atoms with E-state index < -0.39 is 5.97 Å². The molecule has 17 heavy (non-hydrogen) atoms. The van der Waals surface area contributed by atoms with Crippen LogP contribution in [0.5, 0.6) is 0 Å². The lowest BCUT2D eigenvalue weighted by atomic mass is 10.1. The SMILES string of the molecule is CCC(C)c1sc(NC(C)=O)nc1C(=O)OC. The van der Waals surface area contributed by atoms with Gasteiger partial charge in [0.15, 0.2) is 10.8 Å². The first-order valence-electron chi connectivity index (χ1n) is 5.36. The number of carbonyl (C=O) groups excluding carboxylic acids is 2. The minimum Gasteiger partial charge on any atom is -0.464 e. The van der Waals surface area contributed by atoms with Crippen molar-refractivity contribution in [3.8, 4) is 0 Å². The summed E-state index contributed by atoms with van der Waals surface area (Å²) in [5, 5.41) is 3.02. The molecule has 6 heteroatoms. The molecule has 0 bridgehead atoms. The third-order valence-corrected chi connectivity index (χ3v) is 3.58. The number of thiazole rings is 1. The lowest BCUT2D eigenvalue weighted by molar-refractivity contribution is -0.114. The predicted molar refractivity (Wildman–Crippen MR) is 66.5 cm³/mol. The summed E-state index contributed by atoms with van der Waals surface area (Å²) in [5.41, 5.74) is 0.301. The van der Waals surface area contributed by atoms with E-state index in [1.165, 1.54) is 25.4 Å². The van der Waals surface area contributed by atoms with Crippen molar-refractivity contribution < 1.29 is 14.3 Å². The molecule has 0 fully saturated rings. The summed E-state index contributed by atoms with van der Waals surface area (Å²) in [6.07, 6.45) is 0.895. The first kappa shape index (κ1) is 13.6. The Morgan fingerprint density at radius 3 is 2.65 bits per heavy atom. The van der Waals surface area contributed by atoms with Gasteiger partial charge < -0.3 is 10.1 Å². The van der Waals surface area contributed by atoms with E-state index in [1.54, 1.807) is 0 Å². The smallest absolute Gasteiger partial charge is 0.357 e. The van der Waals surface area contributed by atoms with Gasteiger partial charge in [-0.1, -0.05) is 13.8 Å². The van der Waals surface area contributed by atoms with Crippen LogP contribution in [0.2, 0.25) is 0 Å². The average Bonchev–Trinajstić information content (AvgIpc) is 2.69. The maximum absolute atomic E-state index is 11.6. The molecule has 1 atom stereocenters. The largest absolute Gasteiger partial charge is 0.464 e. The average molecular weight is 256 g/mol. The van der Waals surface area contributed by atoms with Crippen molar-refractivity contribution in [3.63, 3.8) is 0 Å². The summed E-state index contributed by atoms with van der Waals surface area (Å²) >= 11 is 1.32. The van der Waals surface area contributed by atoms with Crippen LogP contribution >= 0.6 is 11.3 Å². The molecule has 0 radical (unpaired) electrons. The van der Waals surface area contributed by atoms with Crippen LogP contribution in [0.1, 0.15) is 48.5 Å². The second-order valence-corrected chi connectivity index (χ2v) is 4.74. The van der Waals surface area contributed by atoms with Gasteiger partial charge in [0, 0.05) is 11.8 Å². The maximum atomic E-state index is 11.6. The van der Waals surface area contributed by atoms with Gasteiger partial charge in [0.2, 0.25) is 5.91 Å². The molecule has 1 unspecified atom stereocenters. The number of anilines is 1. The fourth-order valence-corrected chi connectivity index (χ4v) is 2.43. The number of nitrogens with one attached hydrogen (secondary N) is 1. The quantitative estimate of drug-likeness (QED) is 0.840. The molecule has 0 aliphatic rings. The predicted octanol–water partition coefficient (Wildman–Crippen LogP) is 2.40. The van der Waals surface area contributed by atoms with Crippen molar-refractivity contribution in [3.05, 3.63) is 10.6 Å². The monoisotopic (exact) mass is 256 g/mol. The number of carbonyl (C=O) groups is 2. The Labute approximate surface area is 104 Å². The zero-order valence-corrected chi connectivity index (χ0v) is 11.2. The highest BCUT2D eigenvalue weighted by atomic mass is 32.1. The number of hydrogen-bond acceptors (Lipinski definition) is 5. The van der Waals surface area contributed by atoms with Crippen LogP contribution in [0.25, 0.3) is 0 Å². The van der Waals surface area contributed by atoms with Gasteiger partial charge in [0.25, 0.3) is 0 Å². The van der Waals surface area contributed by atoms with E-state index in [9.17, 15) is 9.59 Å². The standard InChI is InChI=1S/C11H16N2O3S/c1-5-6(2)9-8(10(15)16-4)13-11(17-9)12-7(3)14/h6H,5H2,1-4H3,(H,12,13,14). The van der Waals surface area contributed by atoms with Crippen LogP contribution in [0, 0.1) is 0 Å². The minimum absolute atomic E-state index is 0.203. The highest BCUT2D eigenvalue weighted by molar-refractivity contribution is 7.16. The highest BCUT2D eigenvalue weighted by Gasteiger charge is 2.22. The van der Waals surface area contributed by atoms with Gasteiger partial charge in [-0.25, -0.2) is 9.78 Å². The van der Waals surface area contributed by atoms with Crippen LogP contribution in [-0.4, -0.2) is 24.0 Å². The van der Waals surface area contributed by atoms with Crippen LogP contribution in [0.3, 0.4) is 0 Å².